The van der Waals surface area contributed by atoms with Crippen molar-refractivity contribution in [1.82, 2.24) is 9.78 Å². The molecule has 0 fully saturated rings. The number of anilines is 2. The van der Waals surface area contributed by atoms with Crippen LogP contribution in [-0.2, 0) is 6.42 Å². The Kier molecular flexibility index (Phi) is 5.95. The van der Waals surface area contributed by atoms with Gasteiger partial charge in [-0.25, -0.2) is 4.68 Å². The van der Waals surface area contributed by atoms with E-state index in [1.807, 2.05) is 60.1 Å². The molecule has 0 spiro atoms. The zero-order valence-electron chi connectivity index (χ0n) is 19.0. The third-order valence-corrected chi connectivity index (χ3v) is 6.43. The topological polar surface area (TPSA) is 59.0 Å². The molecule has 1 aliphatic heterocycles. The maximum Gasteiger partial charge on any atom is 0.261 e. The number of rotatable bonds is 5. The molecule has 5 nitrogen and oxygen atoms in total. The number of nitrogens with zero attached hydrogens (tertiary/aromatic N) is 2. The summed E-state index contributed by atoms with van der Waals surface area (Å²) in [5.41, 5.74) is 6.47. The summed E-state index contributed by atoms with van der Waals surface area (Å²) < 4.78 is 1.81. The van der Waals surface area contributed by atoms with Crippen molar-refractivity contribution in [2.75, 3.05) is 10.6 Å². The summed E-state index contributed by atoms with van der Waals surface area (Å²) in [6, 6.07) is 23.6. The number of hydrogen-bond donors (Lipinski definition) is 2. The predicted molar refractivity (Wildman–Crippen MR) is 138 cm³/mol. The van der Waals surface area contributed by atoms with Crippen molar-refractivity contribution >= 4 is 34.7 Å². The molecular weight excluding hydrogens is 444 g/mol. The fourth-order valence-corrected chi connectivity index (χ4v) is 4.37. The first kappa shape index (κ1) is 22.0. The highest BCUT2D eigenvalue weighted by Gasteiger charge is 2.28. The molecule has 170 valence electrons. The van der Waals surface area contributed by atoms with E-state index in [4.69, 9.17) is 11.6 Å². The van der Waals surface area contributed by atoms with E-state index in [1.54, 1.807) is 6.20 Å². The van der Waals surface area contributed by atoms with Gasteiger partial charge in [-0.05, 0) is 54.3 Å². The van der Waals surface area contributed by atoms with Crippen molar-refractivity contribution in [3.8, 4) is 0 Å². The van der Waals surface area contributed by atoms with Crippen LogP contribution in [0.15, 0.2) is 85.1 Å². The first-order valence-corrected chi connectivity index (χ1v) is 11.7. The lowest BCUT2D eigenvalue weighted by Gasteiger charge is -2.27. The van der Waals surface area contributed by atoms with Gasteiger partial charge in [0.1, 0.15) is 17.4 Å². The molecule has 3 aromatic carbocycles. The highest BCUT2D eigenvalue weighted by Crippen LogP contribution is 2.37. The zero-order chi connectivity index (χ0) is 23.7. The summed E-state index contributed by atoms with van der Waals surface area (Å²) >= 11 is 6.58. The maximum absolute atomic E-state index is 13.2. The third kappa shape index (κ3) is 4.22. The number of amides is 1. The molecule has 4 aromatic rings. The Labute approximate surface area is 204 Å². The summed E-state index contributed by atoms with van der Waals surface area (Å²) in [5, 5.41) is 11.7. The Morgan fingerprint density at radius 2 is 1.79 bits per heavy atom. The number of benzene rings is 3. The summed E-state index contributed by atoms with van der Waals surface area (Å²) in [6.45, 7) is 4.15. The van der Waals surface area contributed by atoms with Crippen LogP contribution in [0.25, 0.3) is 5.70 Å². The van der Waals surface area contributed by atoms with E-state index in [-0.39, 0.29) is 11.9 Å². The van der Waals surface area contributed by atoms with Crippen LogP contribution in [0, 0.1) is 6.92 Å². The Hall–Kier alpha value is -3.83. The number of hydrogen-bond acceptors (Lipinski definition) is 3. The van der Waals surface area contributed by atoms with Crippen LogP contribution in [0.5, 0.6) is 0 Å². The highest BCUT2D eigenvalue weighted by atomic mass is 35.5. The van der Waals surface area contributed by atoms with Crippen molar-refractivity contribution in [3.05, 3.63) is 118 Å². The Morgan fingerprint density at radius 3 is 2.50 bits per heavy atom. The minimum absolute atomic E-state index is 0.224. The number of carbonyl (C=O) groups excluding carboxylic acids is 1. The molecule has 0 bridgehead atoms. The van der Waals surface area contributed by atoms with Gasteiger partial charge in [0.25, 0.3) is 5.91 Å². The number of aromatic nitrogens is 2. The van der Waals surface area contributed by atoms with Gasteiger partial charge >= 0.3 is 0 Å². The summed E-state index contributed by atoms with van der Waals surface area (Å²) in [7, 11) is 0. The van der Waals surface area contributed by atoms with E-state index in [0.29, 0.717) is 16.4 Å². The second kappa shape index (κ2) is 9.20. The number of nitrogens with one attached hydrogen (secondary N) is 2. The molecule has 1 aromatic heterocycles. The molecular formula is C28H25ClN4O. The van der Waals surface area contributed by atoms with Crippen molar-refractivity contribution < 1.29 is 4.79 Å². The molecule has 0 unspecified atom stereocenters. The first-order valence-electron chi connectivity index (χ1n) is 11.3. The van der Waals surface area contributed by atoms with E-state index in [0.717, 1.165) is 34.5 Å². The van der Waals surface area contributed by atoms with Gasteiger partial charge in [0, 0.05) is 16.4 Å². The van der Waals surface area contributed by atoms with E-state index in [2.05, 4.69) is 53.0 Å². The SMILES string of the molecule is CCc1ccc(C2=C[C@@H](c3ccccc3Cl)n3ncc(C(=O)Nc4ccc(C)cc4)c3N2)cc1. The first-order chi connectivity index (χ1) is 16.5. The Bertz CT molecular complexity index is 1370. The predicted octanol–water partition coefficient (Wildman–Crippen LogP) is 6.72. The van der Waals surface area contributed by atoms with Crippen LogP contribution >= 0.6 is 11.6 Å². The normalized spacial score (nSPS) is 14.7. The largest absolute Gasteiger partial charge is 0.339 e. The second-order valence-corrected chi connectivity index (χ2v) is 8.80. The smallest absolute Gasteiger partial charge is 0.261 e. The molecule has 0 radical (unpaired) electrons. The lowest BCUT2D eigenvalue weighted by Crippen LogP contribution is -2.22. The molecule has 2 heterocycles. The number of allylic oxidation sites excluding steroid dienone is 1. The molecule has 5 rings (SSSR count). The molecule has 1 atom stereocenters. The van der Waals surface area contributed by atoms with Gasteiger partial charge in [-0.2, -0.15) is 5.10 Å². The molecule has 2 N–H and O–H groups in total. The highest BCUT2D eigenvalue weighted by molar-refractivity contribution is 6.31. The molecule has 1 amide bonds. The van der Waals surface area contributed by atoms with Gasteiger partial charge in [-0.3, -0.25) is 4.79 Å². The molecule has 1 aliphatic rings. The van der Waals surface area contributed by atoms with Crippen LogP contribution in [-0.4, -0.2) is 15.7 Å². The number of halogens is 1. The molecule has 34 heavy (non-hydrogen) atoms. The van der Waals surface area contributed by atoms with E-state index < -0.39 is 0 Å². The van der Waals surface area contributed by atoms with Gasteiger partial charge < -0.3 is 10.6 Å². The van der Waals surface area contributed by atoms with E-state index in [1.165, 1.54) is 5.56 Å². The lowest BCUT2D eigenvalue weighted by molar-refractivity contribution is 0.102. The van der Waals surface area contributed by atoms with Crippen molar-refractivity contribution in [2.45, 2.75) is 26.3 Å². The lowest BCUT2D eigenvalue weighted by atomic mass is 10.00. The standard InChI is InChI=1S/C28H25ClN4O/c1-3-19-10-12-20(13-11-19)25-16-26(22-6-4-5-7-24(22)29)33-27(32-25)23(17-30-33)28(34)31-21-14-8-18(2)9-15-21/h4-17,26,32H,3H2,1-2H3,(H,31,34)/t26-/m0/s1. The Morgan fingerprint density at radius 1 is 1.06 bits per heavy atom. The van der Waals surface area contributed by atoms with Crippen molar-refractivity contribution in [3.63, 3.8) is 0 Å². The zero-order valence-corrected chi connectivity index (χ0v) is 19.8. The molecule has 6 heteroatoms. The summed E-state index contributed by atoms with van der Waals surface area (Å²) in [5.74, 6) is 0.407. The van der Waals surface area contributed by atoms with Crippen molar-refractivity contribution in [2.24, 2.45) is 0 Å². The number of fused-ring (bicyclic) bond motifs is 1. The number of aryl methyl sites for hydroxylation is 2. The average Bonchev–Trinajstić information content (AvgIpc) is 3.30. The monoisotopic (exact) mass is 468 g/mol. The molecule has 0 saturated carbocycles. The fraction of sp³-hybridized carbons (Fsp3) is 0.143. The fourth-order valence-electron chi connectivity index (χ4n) is 4.12. The van der Waals surface area contributed by atoms with E-state index >= 15 is 0 Å². The van der Waals surface area contributed by atoms with Gasteiger partial charge in [0.15, 0.2) is 0 Å². The van der Waals surface area contributed by atoms with Gasteiger partial charge in [0.2, 0.25) is 0 Å². The molecule has 0 saturated heterocycles. The van der Waals surface area contributed by atoms with Crippen LogP contribution < -0.4 is 10.6 Å². The molecule has 0 aliphatic carbocycles. The minimum Gasteiger partial charge on any atom is -0.339 e. The van der Waals surface area contributed by atoms with Crippen LogP contribution in [0.1, 0.15) is 45.6 Å². The average molecular weight is 469 g/mol. The van der Waals surface area contributed by atoms with Crippen LogP contribution in [0.2, 0.25) is 5.02 Å². The quantitative estimate of drug-likeness (QED) is 0.342. The van der Waals surface area contributed by atoms with Gasteiger partial charge in [0.05, 0.1) is 6.20 Å². The minimum atomic E-state index is -0.258. The maximum atomic E-state index is 13.2. The van der Waals surface area contributed by atoms with Gasteiger partial charge in [-0.15, -0.1) is 0 Å². The van der Waals surface area contributed by atoms with Crippen LogP contribution in [0.4, 0.5) is 11.5 Å². The number of carbonyl (C=O) groups is 1. The van der Waals surface area contributed by atoms with E-state index in [9.17, 15) is 4.79 Å². The van der Waals surface area contributed by atoms with Crippen molar-refractivity contribution in [1.29, 1.82) is 0 Å². The van der Waals surface area contributed by atoms with Gasteiger partial charge in [-0.1, -0.05) is 78.7 Å². The van der Waals surface area contributed by atoms with Crippen LogP contribution in [0.3, 0.4) is 0 Å². The third-order valence-electron chi connectivity index (χ3n) is 6.09. The Balaban J connectivity index is 1.55. The summed E-state index contributed by atoms with van der Waals surface area (Å²) in [4.78, 5) is 13.2. The second-order valence-electron chi connectivity index (χ2n) is 8.39. The summed E-state index contributed by atoms with van der Waals surface area (Å²) in [6.07, 6.45) is 4.68.